The Morgan fingerprint density at radius 1 is 0.722 bits per heavy atom. The van der Waals surface area contributed by atoms with E-state index in [-0.39, 0.29) is 12.4 Å². The van der Waals surface area contributed by atoms with Crippen LogP contribution >= 0.6 is 11.6 Å². The summed E-state index contributed by atoms with van der Waals surface area (Å²) < 4.78 is 1.27. The molecule has 0 amide bonds. The Morgan fingerprint density at radius 2 is 1.11 bits per heavy atom. The third-order valence-electron chi connectivity index (χ3n) is 3.68. The van der Waals surface area contributed by atoms with Gasteiger partial charge in [0.1, 0.15) is 0 Å². The second-order valence-electron chi connectivity index (χ2n) is 5.60. The summed E-state index contributed by atoms with van der Waals surface area (Å²) in [7, 11) is 2.44. The van der Waals surface area contributed by atoms with Crippen LogP contribution < -0.4 is 12.4 Å². The average molecular weight is 298 g/mol. The summed E-state index contributed by atoms with van der Waals surface area (Å²) >= 11 is 5.78. The third-order valence-corrected chi connectivity index (χ3v) is 3.95. The van der Waals surface area contributed by atoms with E-state index in [9.17, 15) is 0 Å². The fourth-order valence-electron chi connectivity index (χ4n) is 2.41. The highest BCUT2D eigenvalue weighted by Gasteiger charge is 2.19. The second-order valence-corrected chi connectivity index (χ2v) is 5.98. The Kier molecular flexibility index (Phi) is 16.2. The molecule has 0 aromatic heterocycles. The molecule has 0 aliphatic rings. The molecule has 112 valence electrons. The van der Waals surface area contributed by atoms with E-state index in [4.69, 9.17) is 11.6 Å². The van der Waals surface area contributed by atoms with Crippen LogP contribution in [0.2, 0.25) is 0 Å². The van der Waals surface area contributed by atoms with Gasteiger partial charge >= 0.3 is 0 Å². The highest BCUT2D eigenvalue weighted by molar-refractivity contribution is 6.17. The van der Waals surface area contributed by atoms with E-state index in [1.165, 1.54) is 75.5 Å². The van der Waals surface area contributed by atoms with Crippen LogP contribution in [0.15, 0.2) is 0 Å². The van der Waals surface area contributed by atoms with Crippen molar-refractivity contribution in [3.63, 3.8) is 0 Å². The first kappa shape index (κ1) is 20.8. The van der Waals surface area contributed by atoms with Crippen molar-refractivity contribution in [2.45, 2.75) is 65.2 Å². The molecule has 0 spiro atoms. The van der Waals surface area contributed by atoms with Crippen molar-refractivity contribution in [2.24, 2.45) is 0 Å². The zero-order chi connectivity index (χ0) is 13.0. The Hall–Kier alpha value is 0.540. The normalized spacial score (nSPS) is 11.3. The van der Waals surface area contributed by atoms with Crippen molar-refractivity contribution in [3.05, 3.63) is 0 Å². The molecule has 0 aromatic carbocycles. The molecule has 0 saturated carbocycles. The first-order valence-corrected chi connectivity index (χ1v) is 8.11. The summed E-state index contributed by atoms with van der Waals surface area (Å²) in [5.41, 5.74) is 0. The van der Waals surface area contributed by atoms with Crippen molar-refractivity contribution in [2.75, 3.05) is 32.6 Å². The maximum absolute atomic E-state index is 5.78. The predicted octanol–water partition coefficient (Wildman–Crippen LogP) is 1.84. The lowest BCUT2D eigenvalue weighted by molar-refractivity contribution is -0.910. The van der Waals surface area contributed by atoms with E-state index in [0.717, 1.165) is 5.88 Å². The van der Waals surface area contributed by atoms with E-state index in [0.29, 0.717) is 0 Å². The van der Waals surface area contributed by atoms with Gasteiger partial charge in [-0.25, -0.2) is 0 Å². The number of halogens is 2. The van der Waals surface area contributed by atoms with Crippen molar-refractivity contribution in [1.82, 2.24) is 0 Å². The van der Waals surface area contributed by atoms with Crippen LogP contribution in [0.1, 0.15) is 65.2 Å². The summed E-state index contributed by atoms with van der Waals surface area (Å²) in [6.45, 7) is 8.61. The van der Waals surface area contributed by atoms with Gasteiger partial charge in [-0.3, -0.25) is 0 Å². The van der Waals surface area contributed by atoms with Gasteiger partial charge in [0.25, 0.3) is 0 Å². The fraction of sp³-hybridized carbons (Fsp3) is 1.00. The zero-order valence-corrected chi connectivity index (χ0v) is 14.2. The molecular formula is C15H33Cl2N. The maximum Gasteiger partial charge on any atom is 0.0784 e. The number of unbranched alkanes of at least 4 members (excludes halogenated alkanes) is 5. The molecule has 0 aliphatic heterocycles. The van der Waals surface area contributed by atoms with Gasteiger partial charge in [-0.2, -0.15) is 0 Å². The number of rotatable bonds is 12. The van der Waals surface area contributed by atoms with Crippen molar-refractivity contribution in [3.8, 4) is 0 Å². The van der Waals surface area contributed by atoms with Crippen molar-refractivity contribution >= 4 is 11.6 Å². The Labute approximate surface area is 126 Å². The van der Waals surface area contributed by atoms with Crippen LogP contribution in [-0.2, 0) is 0 Å². The van der Waals surface area contributed by atoms with Gasteiger partial charge < -0.3 is 16.9 Å². The fourth-order valence-corrected chi connectivity index (χ4v) is 2.60. The Bertz CT molecular complexity index is 136. The van der Waals surface area contributed by atoms with Gasteiger partial charge in [0, 0.05) is 5.88 Å². The molecule has 0 heterocycles. The minimum atomic E-state index is 0. The van der Waals surface area contributed by atoms with Gasteiger partial charge in [0.15, 0.2) is 0 Å². The van der Waals surface area contributed by atoms with Crippen LogP contribution in [0.4, 0.5) is 0 Å². The van der Waals surface area contributed by atoms with E-state index >= 15 is 0 Å². The lowest BCUT2D eigenvalue weighted by Gasteiger charge is -2.35. The van der Waals surface area contributed by atoms with Gasteiger partial charge in [0.2, 0.25) is 0 Å². The van der Waals surface area contributed by atoms with Gasteiger partial charge in [-0.1, -0.05) is 26.7 Å². The van der Waals surface area contributed by atoms with Crippen LogP contribution in [0.3, 0.4) is 0 Å². The quantitative estimate of drug-likeness (QED) is 0.293. The molecule has 18 heavy (non-hydrogen) atoms. The van der Waals surface area contributed by atoms with Crippen LogP contribution in [0, 0.1) is 0 Å². The standard InChI is InChI=1S/C15H33ClN.ClH/c1-4-6-9-13-17(3,14-10-7-5-2)15-11-8-12-16;/h4-15H2,1-3H3;1H/q+1;/p-1. The minimum absolute atomic E-state index is 0. The van der Waals surface area contributed by atoms with Gasteiger partial charge in [0.05, 0.1) is 26.7 Å². The molecule has 0 N–H and O–H groups in total. The summed E-state index contributed by atoms with van der Waals surface area (Å²) in [4.78, 5) is 0. The van der Waals surface area contributed by atoms with Crippen LogP contribution in [0.5, 0.6) is 0 Å². The van der Waals surface area contributed by atoms with E-state index < -0.39 is 0 Å². The molecule has 0 bridgehead atoms. The Balaban J connectivity index is 0. The molecule has 0 atom stereocenters. The van der Waals surface area contributed by atoms with Crippen LogP contribution in [-0.4, -0.2) is 37.0 Å². The maximum atomic E-state index is 5.78. The monoisotopic (exact) mass is 297 g/mol. The highest BCUT2D eigenvalue weighted by Crippen LogP contribution is 2.12. The lowest BCUT2D eigenvalue weighted by atomic mass is 10.1. The number of nitrogens with zero attached hydrogens (tertiary/aromatic N) is 1. The zero-order valence-electron chi connectivity index (χ0n) is 12.7. The van der Waals surface area contributed by atoms with Crippen LogP contribution in [0.25, 0.3) is 0 Å². The summed E-state index contributed by atoms with van der Waals surface area (Å²) in [5.74, 6) is 0.823. The largest absolute Gasteiger partial charge is 1.00 e. The number of alkyl halides is 1. The summed E-state index contributed by atoms with van der Waals surface area (Å²) in [6, 6.07) is 0. The van der Waals surface area contributed by atoms with Gasteiger partial charge in [-0.05, 0) is 38.5 Å². The number of hydrogen-bond acceptors (Lipinski definition) is 0. The summed E-state index contributed by atoms with van der Waals surface area (Å²) in [6.07, 6.45) is 10.7. The average Bonchev–Trinajstić information content (AvgIpc) is 2.30. The topological polar surface area (TPSA) is 0 Å². The molecule has 0 aliphatic carbocycles. The highest BCUT2D eigenvalue weighted by atomic mass is 35.5. The smallest absolute Gasteiger partial charge is 0.0784 e. The summed E-state index contributed by atoms with van der Waals surface area (Å²) in [5, 5.41) is 0. The number of quaternary nitrogens is 1. The first-order chi connectivity index (χ1) is 8.18. The molecule has 0 saturated heterocycles. The second kappa shape index (κ2) is 14.0. The van der Waals surface area contributed by atoms with Crippen molar-refractivity contribution < 1.29 is 16.9 Å². The molecule has 0 aromatic rings. The SMILES string of the molecule is CCCCC[N+](C)(CCCCC)CCCCCl.[Cl-]. The third kappa shape index (κ3) is 11.6. The molecule has 1 nitrogen and oxygen atoms in total. The lowest BCUT2D eigenvalue weighted by Crippen LogP contribution is -3.00. The molecule has 0 fully saturated rings. The molecule has 3 heteroatoms. The van der Waals surface area contributed by atoms with E-state index in [1.54, 1.807) is 0 Å². The first-order valence-electron chi connectivity index (χ1n) is 7.58. The predicted molar refractivity (Wildman–Crippen MR) is 79.8 cm³/mol. The van der Waals surface area contributed by atoms with E-state index in [1.807, 2.05) is 0 Å². The molecule has 0 rings (SSSR count). The molecule has 0 radical (unpaired) electrons. The minimum Gasteiger partial charge on any atom is -1.00 e. The van der Waals surface area contributed by atoms with Gasteiger partial charge in [-0.15, -0.1) is 11.6 Å². The Morgan fingerprint density at radius 3 is 1.44 bits per heavy atom. The number of hydrogen-bond donors (Lipinski definition) is 0. The molecular weight excluding hydrogens is 265 g/mol. The molecule has 0 unspecified atom stereocenters. The van der Waals surface area contributed by atoms with Crippen molar-refractivity contribution in [1.29, 1.82) is 0 Å². The van der Waals surface area contributed by atoms with E-state index in [2.05, 4.69) is 20.9 Å².